The average Bonchev–Trinajstić information content (AvgIpc) is 2.69. The molecular formula is C11H8O4. The lowest BCUT2D eigenvalue weighted by Crippen LogP contribution is -1.99. The van der Waals surface area contributed by atoms with Gasteiger partial charge in [-0.2, -0.15) is 0 Å². The van der Waals surface area contributed by atoms with Gasteiger partial charge in [0.15, 0.2) is 5.76 Å². The number of benzene rings is 1. The summed E-state index contributed by atoms with van der Waals surface area (Å²) < 4.78 is 4.91. The van der Waals surface area contributed by atoms with Crippen LogP contribution in [0.15, 0.2) is 41.0 Å². The number of furan rings is 1. The molecule has 2 N–H and O–H groups in total. The number of phenolic OH excluding ortho intramolecular Hbond substituents is 2. The van der Waals surface area contributed by atoms with Gasteiger partial charge in [-0.1, -0.05) is 0 Å². The number of aromatic hydroxyl groups is 2. The van der Waals surface area contributed by atoms with Crippen molar-refractivity contribution in [1.82, 2.24) is 0 Å². The highest BCUT2D eigenvalue weighted by Crippen LogP contribution is 2.24. The van der Waals surface area contributed by atoms with Gasteiger partial charge in [-0.25, -0.2) is 0 Å². The Balaban J connectivity index is 2.42. The molecule has 1 aromatic carbocycles. The van der Waals surface area contributed by atoms with Gasteiger partial charge in [0.2, 0.25) is 5.78 Å². The molecule has 0 saturated heterocycles. The van der Waals surface area contributed by atoms with Crippen molar-refractivity contribution in [3.63, 3.8) is 0 Å². The van der Waals surface area contributed by atoms with E-state index < -0.39 is 5.78 Å². The molecule has 0 aliphatic rings. The number of rotatable bonds is 2. The van der Waals surface area contributed by atoms with Gasteiger partial charge >= 0.3 is 0 Å². The van der Waals surface area contributed by atoms with Crippen molar-refractivity contribution < 1.29 is 19.4 Å². The number of hydrogen-bond acceptors (Lipinski definition) is 4. The summed E-state index contributed by atoms with van der Waals surface area (Å²) in [5, 5.41) is 18.5. The summed E-state index contributed by atoms with van der Waals surface area (Å²) >= 11 is 0. The minimum absolute atomic E-state index is 0.0940. The molecule has 0 spiro atoms. The maximum atomic E-state index is 11.7. The fourth-order valence-electron chi connectivity index (χ4n) is 1.25. The van der Waals surface area contributed by atoms with Crippen LogP contribution >= 0.6 is 0 Å². The lowest BCUT2D eigenvalue weighted by atomic mass is 10.1. The fraction of sp³-hybridized carbons (Fsp3) is 0. The molecule has 4 nitrogen and oxygen atoms in total. The van der Waals surface area contributed by atoms with Crippen LogP contribution in [0.5, 0.6) is 11.5 Å². The highest BCUT2D eigenvalue weighted by Gasteiger charge is 2.15. The van der Waals surface area contributed by atoms with Gasteiger partial charge in [0.25, 0.3) is 0 Å². The van der Waals surface area contributed by atoms with E-state index in [0.29, 0.717) is 0 Å². The standard InChI is InChI=1S/C11H8O4/c12-7-3-4-8(9(13)6-7)11(14)10-2-1-5-15-10/h1-6,12-13H. The Hall–Kier alpha value is -2.23. The Morgan fingerprint density at radius 1 is 1.20 bits per heavy atom. The van der Waals surface area contributed by atoms with Gasteiger partial charge in [0, 0.05) is 6.07 Å². The third-order valence-electron chi connectivity index (χ3n) is 1.97. The van der Waals surface area contributed by atoms with Crippen LogP contribution in [-0.2, 0) is 0 Å². The molecule has 2 aromatic rings. The smallest absolute Gasteiger partial charge is 0.231 e. The molecule has 0 aliphatic carbocycles. The summed E-state index contributed by atoms with van der Waals surface area (Å²) in [6.07, 6.45) is 1.38. The number of hydrogen-bond donors (Lipinski definition) is 2. The zero-order valence-electron chi connectivity index (χ0n) is 7.68. The molecule has 0 aliphatic heterocycles. The van der Waals surface area contributed by atoms with E-state index in [2.05, 4.69) is 0 Å². The molecular weight excluding hydrogens is 196 g/mol. The second-order valence-electron chi connectivity index (χ2n) is 3.01. The Bertz CT molecular complexity index is 485. The van der Waals surface area contributed by atoms with Crippen molar-refractivity contribution in [3.05, 3.63) is 47.9 Å². The number of carbonyl (C=O) groups excluding carboxylic acids is 1. The Morgan fingerprint density at radius 2 is 2.00 bits per heavy atom. The van der Waals surface area contributed by atoms with Gasteiger partial charge < -0.3 is 14.6 Å². The quantitative estimate of drug-likeness (QED) is 0.733. The van der Waals surface area contributed by atoms with E-state index in [4.69, 9.17) is 9.52 Å². The van der Waals surface area contributed by atoms with Crippen molar-refractivity contribution in [1.29, 1.82) is 0 Å². The van der Waals surface area contributed by atoms with E-state index in [1.54, 1.807) is 6.07 Å². The van der Waals surface area contributed by atoms with Crippen LogP contribution in [0, 0.1) is 0 Å². The minimum atomic E-state index is -0.419. The third-order valence-corrected chi connectivity index (χ3v) is 1.97. The molecule has 0 saturated carbocycles. The first kappa shape index (κ1) is 9.33. The summed E-state index contributed by atoms with van der Waals surface area (Å²) in [7, 11) is 0. The monoisotopic (exact) mass is 204 g/mol. The van der Waals surface area contributed by atoms with Crippen LogP contribution in [0.4, 0.5) is 0 Å². The summed E-state index contributed by atoms with van der Waals surface area (Å²) in [5.74, 6) is -0.631. The van der Waals surface area contributed by atoms with Crippen LogP contribution in [0.3, 0.4) is 0 Å². The molecule has 4 heteroatoms. The molecule has 0 radical (unpaired) electrons. The lowest BCUT2D eigenvalue weighted by Gasteiger charge is -2.01. The van der Waals surface area contributed by atoms with Gasteiger partial charge in [-0.05, 0) is 24.3 Å². The summed E-state index contributed by atoms with van der Waals surface area (Å²) in [4.78, 5) is 11.7. The van der Waals surface area contributed by atoms with Crippen LogP contribution in [-0.4, -0.2) is 16.0 Å². The zero-order valence-corrected chi connectivity index (χ0v) is 7.68. The number of carbonyl (C=O) groups is 1. The molecule has 0 amide bonds. The summed E-state index contributed by atoms with van der Waals surface area (Å²) in [6.45, 7) is 0. The van der Waals surface area contributed by atoms with Crippen LogP contribution in [0.25, 0.3) is 0 Å². The lowest BCUT2D eigenvalue weighted by molar-refractivity contribution is 0.101. The maximum absolute atomic E-state index is 11.7. The molecule has 2 rings (SSSR count). The van der Waals surface area contributed by atoms with E-state index in [9.17, 15) is 9.90 Å². The van der Waals surface area contributed by atoms with Gasteiger partial charge in [0.1, 0.15) is 11.5 Å². The van der Waals surface area contributed by atoms with E-state index in [1.807, 2.05) is 0 Å². The van der Waals surface area contributed by atoms with Crippen LogP contribution < -0.4 is 0 Å². The maximum Gasteiger partial charge on any atom is 0.231 e. The SMILES string of the molecule is O=C(c1ccco1)c1ccc(O)cc1O. The van der Waals surface area contributed by atoms with Crippen molar-refractivity contribution in [2.45, 2.75) is 0 Å². The number of phenols is 2. The molecule has 0 bridgehead atoms. The highest BCUT2D eigenvalue weighted by atomic mass is 16.3. The second-order valence-corrected chi connectivity index (χ2v) is 3.01. The van der Waals surface area contributed by atoms with Gasteiger partial charge in [0.05, 0.1) is 11.8 Å². The molecule has 0 fully saturated rings. The summed E-state index contributed by atoms with van der Waals surface area (Å²) in [5.41, 5.74) is 0.0998. The van der Waals surface area contributed by atoms with E-state index >= 15 is 0 Å². The Morgan fingerprint density at radius 3 is 2.60 bits per heavy atom. The molecule has 0 atom stereocenters. The van der Waals surface area contributed by atoms with Gasteiger partial charge in [-0.15, -0.1) is 0 Å². The van der Waals surface area contributed by atoms with E-state index in [-0.39, 0.29) is 22.8 Å². The van der Waals surface area contributed by atoms with Crippen molar-refractivity contribution in [2.24, 2.45) is 0 Å². The van der Waals surface area contributed by atoms with Crippen molar-refractivity contribution >= 4 is 5.78 Å². The third kappa shape index (κ3) is 1.69. The first-order chi connectivity index (χ1) is 7.18. The van der Waals surface area contributed by atoms with E-state index in [1.165, 1.54) is 24.5 Å². The topological polar surface area (TPSA) is 70.7 Å². The van der Waals surface area contributed by atoms with E-state index in [0.717, 1.165) is 6.07 Å². The number of ketones is 1. The molecule has 0 unspecified atom stereocenters. The molecule has 1 heterocycles. The summed E-state index contributed by atoms with van der Waals surface area (Å²) in [6, 6.07) is 6.88. The first-order valence-corrected chi connectivity index (χ1v) is 4.28. The normalized spacial score (nSPS) is 10.1. The predicted octanol–water partition coefficient (Wildman–Crippen LogP) is 1.92. The van der Waals surface area contributed by atoms with Crippen LogP contribution in [0.2, 0.25) is 0 Å². The van der Waals surface area contributed by atoms with Crippen molar-refractivity contribution in [2.75, 3.05) is 0 Å². The predicted molar refractivity (Wildman–Crippen MR) is 51.9 cm³/mol. The second kappa shape index (κ2) is 3.49. The largest absolute Gasteiger partial charge is 0.508 e. The fourth-order valence-corrected chi connectivity index (χ4v) is 1.25. The molecule has 15 heavy (non-hydrogen) atoms. The van der Waals surface area contributed by atoms with Crippen LogP contribution in [0.1, 0.15) is 16.1 Å². The average molecular weight is 204 g/mol. The zero-order chi connectivity index (χ0) is 10.8. The Kier molecular flexibility index (Phi) is 2.17. The highest BCUT2D eigenvalue weighted by molar-refractivity contribution is 6.08. The van der Waals surface area contributed by atoms with Gasteiger partial charge in [-0.3, -0.25) is 4.79 Å². The van der Waals surface area contributed by atoms with Crippen molar-refractivity contribution in [3.8, 4) is 11.5 Å². The minimum Gasteiger partial charge on any atom is -0.508 e. The molecule has 76 valence electrons. The Labute approximate surface area is 85.4 Å². The first-order valence-electron chi connectivity index (χ1n) is 4.28. The molecule has 1 aromatic heterocycles.